The summed E-state index contributed by atoms with van der Waals surface area (Å²) in [6.07, 6.45) is 1.55. The molecule has 2 heterocycles. The Balaban J connectivity index is 1.63. The number of hydroxylamine groups is 1. The molecule has 2 aromatic carbocycles. The molecule has 9 heteroatoms. The Morgan fingerprint density at radius 1 is 1.09 bits per heavy atom. The molecule has 0 atom stereocenters. The van der Waals surface area contributed by atoms with Gasteiger partial charge in [0.2, 0.25) is 10.0 Å². The molecule has 3 aromatic rings. The highest BCUT2D eigenvalue weighted by Gasteiger charge is 2.30. The van der Waals surface area contributed by atoms with Crippen LogP contribution < -0.4 is 10.2 Å². The number of fused-ring (bicyclic) bond motifs is 1. The van der Waals surface area contributed by atoms with E-state index in [2.05, 4.69) is 0 Å². The van der Waals surface area contributed by atoms with Gasteiger partial charge in [0.1, 0.15) is 5.75 Å². The lowest BCUT2D eigenvalue weighted by Gasteiger charge is -2.20. The monoisotopic (exact) mass is 472 g/mol. The van der Waals surface area contributed by atoms with Gasteiger partial charge in [-0.05, 0) is 60.2 Å². The van der Waals surface area contributed by atoms with Gasteiger partial charge in [-0.3, -0.25) is 10.0 Å². The van der Waals surface area contributed by atoms with Gasteiger partial charge in [0.25, 0.3) is 5.91 Å². The van der Waals surface area contributed by atoms with Gasteiger partial charge in [0.05, 0.1) is 16.9 Å². The number of nitrogens with one attached hydrogen (secondary N) is 1. The van der Waals surface area contributed by atoms with E-state index in [1.807, 2.05) is 30.3 Å². The molecule has 1 aliphatic rings. The summed E-state index contributed by atoms with van der Waals surface area (Å²) in [4.78, 5) is 14.0. The van der Waals surface area contributed by atoms with Gasteiger partial charge in [-0.25, -0.2) is 13.9 Å². The number of hydrogen-bond donors (Lipinski definition) is 2. The van der Waals surface area contributed by atoms with Crippen molar-refractivity contribution in [1.29, 1.82) is 0 Å². The Bertz CT molecular complexity index is 1210. The molecule has 168 valence electrons. The predicted octanol–water partition coefficient (Wildman–Crippen LogP) is 3.26. The number of carbonyl (C=O) groups is 1. The molecule has 2 N–H and O–H groups in total. The summed E-state index contributed by atoms with van der Waals surface area (Å²) >= 11 is 1.33. The molecule has 1 aliphatic heterocycles. The van der Waals surface area contributed by atoms with E-state index in [0.29, 0.717) is 43.0 Å². The van der Waals surface area contributed by atoms with Gasteiger partial charge in [-0.2, -0.15) is 4.31 Å². The third kappa shape index (κ3) is 4.42. The third-order valence-electron chi connectivity index (χ3n) is 5.63. The zero-order valence-corrected chi connectivity index (χ0v) is 19.2. The third-order valence-corrected chi connectivity index (χ3v) is 8.87. The fourth-order valence-electron chi connectivity index (χ4n) is 3.98. The van der Waals surface area contributed by atoms with Crippen molar-refractivity contribution < 1.29 is 23.2 Å². The number of hydrogen-bond acceptors (Lipinski definition) is 6. The summed E-state index contributed by atoms with van der Waals surface area (Å²) in [5.74, 6) is 0.0685. The van der Waals surface area contributed by atoms with Crippen LogP contribution in [0.5, 0.6) is 5.75 Å². The van der Waals surface area contributed by atoms with Crippen molar-refractivity contribution in [2.75, 3.05) is 20.2 Å². The van der Waals surface area contributed by atoms with Crippen molar-refractivity contribution in [1.82, 2.24) is 9.79 Å². The Hall–Kier alpha value is -2.72. The van der Waals surface area contributed by atoms with E-state index in [1.165, 1.54) is 22.8 Å². The standard InChI is InChI=1S/C23H24N2O5S2/c1-30-17-7-9-18(10-8-17)32(28,29)25-13-11-19-20(15-16-5-3-2-4-6-16)22(23(26)24-27)31-21(19)12-14-25/h2-10,27H,11-15H2,1H3,(H,24,26). The topological polar surface area (TPSA) is 95.9 Å². The number of sulfonamides is 1. The first kappa shape index (κ1) is 22.5. The van der Waals surface area contributed by atoms with E-state index in [1.54, 1.807) is 29.7 Å². The summed E-state index contributed by atoms with van der Waals surface area (Å²) < 4.78 is 33.0. The molecular weight excluding hydrogens is 448 g/mol. The van der Waals surface area contributed by atoms with Crippen LogP contribution in [0.15, 0.2) is 59.5 Å². The van der Waals surface area contributed by atoms with Crippen LogP contribution in [0.2, 0.25) is 0 Å². The maximum atomic E-state index is 13.2. The number of ether oxygens (including phenoxy) is 1. The first-order chi connectivity index (χ1) is 15.4. The smallest absolute Gasteiger partial charge is 0.285 e. The van der Waals surface area contributed by atoms with Crippen LogP contribution in [0.1, 0.15) is 31.2 Å². The lowest BCUT2D eigenvalue weighted by molar-refractivity contribution is 0.0710. The molecule has 0 aliphatic carbocycles. The van der Waals surface area contributed by atoms with E-state index >= 15 is 0 Å². The molecule has 1 aromatic heterocycles. The number of methoxy groups -OCH3 is 1. The van der Waals surface area contributed by atoms with E-state index in [9.17, 15) is 18.4 Å². The summed E-state index contributed by atoms with van der Waals surface area (Å²) in [7, 11) is -2.11. The largest absolute Gasteiger partial charge is 0.497 e. The van der Waals surface area contributed by atoms with Crippen LogP contribution in [0.25, 0.3) is 0 Å². The number of thiophene rings is 1. The van der Waals surface area contributed by atoms with Gasteiger partial charge in [-0.15, -0.1) is 11.3 Å². The van der Waals surface area contributed by atoms with Crippen LogP contribution in [-0.2, 0) is 29.3 Å². The molecule has 4 rings (SSSR count). The Morgan fingerprint density at radius 3 is 2.44 bits per heavy atom. The van der Waals surface area contributed by atoms with E-state index in [-0.39, 0.29) is 4.90 Å². The summed E-state index contributed by atoms with van der Waals surface area (Å²) in [6.45, 7) is 0.646. The van der Waals surface area contributed by atoms with Crippen molar-refractivity contribution in [3.8, 4) is 5.75 Å². The molecular formula is C23H24N2O5S2. The number of benzene rings is 2. The van der Waals surface area contributed by atoms with Gasteiger partial charge < -0.3 is 4.74 Å². The highest BCUT2D eigenvalue weighted by atomic mass is 32.2. The second-order valence-electron chi connectivity index (χ2n) is 7.49. The summed E-state index contributed by atoms with van der Waals surface area (Å²) in [6, 6.07) is 16.2. The fourth-order valence-corrected chi connectivity index (χ4v) is 6.66. The van der Waals surface area contributed by atoms with Crippen LogP contribution in [-0.4, -0.2) is 44.0 Å². The lowest BCUT2D eigenvalue weighted by Crippen LogP contribution is -2.33. The molecule has 1 amide bonds. The van der Waals surface area contributed by atoms with Gasteiger partial charge >= 0.3 is 0 Å². The van der Waals surface area contributed by atoms with Crippen molar-refractivity contribution >= 4 is 27.3 Å². The molecule has 0 radical (unpaired) electrons. The van der Waals surface area contributed by atoms with Crippen LogP contribution in [0.4, 0.5) is 0 Å². The quantitative estimate of drug-likeness (QED) is 0.424. The molecule has 32 heavy (non-hydrogen) atoms. The summed E-state index contributed by atoms with van der Waals surface area (Å²) in [5, 5.41) is 9.22. The van der Waals surface area contributed by atoms with E-state index < -0.39 is 15.9 Å². The molecule has 7 nitrogen and oxygen atoms in total. The van der Waals surface area contributed by atoms with Crippen molar-refractivity contribution in [3.63, 3.8) is 0 Å². The van der Waals surface area contributed by atoms with E-state index in [4.69, 9.17) is 4.74 Å². The molecule has 0 bridgehead atoms. The minimum Gasteiger partial charge on any atom is -0.497 e. The highest BCUT2D eigenvalue weighted by Crippen LogP contribution is 2.34. The Labute approximate surface area is 191 Å². The van der Waals surface area contributed by atoms with Crippen molar-refractivity contribution in [2.45, 2.75) is 24.2 Å². The predicted molar refractivity (Wildman–Crippen MR) is 122 cm³/mol. The average Bonchev–Trinajstić information content (AvgIpc) is 3.01. The van der Waals surface area contributed by atoms with Crippen LogP contribution in [0, 0.1) is 0 Å². The molecule has 0 saturated carbocycles. The zero-order valence-electron chi connectivity index (χ0n) is 17.6. The normalized spacial score (nSPS) is 14.4. The maximum absolute atomic E-state index is 13.2. The van der Waals surface area contributed by atoms with Crippen molar-refractivity contribution in [2.24, 2.45) is 0 Å². The lowest BCUT2D eigenvalue weighted by atomic mass is 9.97. The highest BCUT2D eigenvalue weighted by molar-refractivity contribution is 7.89. The van der Waals surface area contributed by atoms with E-state index in [0.717, 1.165) is 21.6 Å². The fraction of sp³-hybridized carbons (Fsp3) is 0.261. The molecule has 0 fully saturated rings. The molecule has 0 saturated heterocycles. The van der Waals surface area contributed by atoms with Crippen molar-refractivity contribution in [3.05, 3.63) is 81.0 Å². The first-order valence-electron chi connectivity index (χ1n) is 10.2. The van der Waals surface area contributed by atoms with Crippen LogP contribution in [0.3, 0.4) is 0 Å². The van der Waals surface area contributed by atoms with Gasteiger partial charge in [0.15, 0.2) is 0 Å². The summed E-state index contributed by atoms with van der Waals surface area (Å²) in [5.41, 5.74) is 4.66. The molecule has 0 unspecified atom stereocenters. The second-order valence-corrected chi connectivity index (χ2v) is 10.5. The minimum absolute atomic E-state index is 0.230. The molecule has 0 spiro atoms. The number of rotatable bonds is 6. The van der Waals surface area contributed by atoms with Gasteiger partial charge in [0, 0.05) is 18.0 Å². The maximum Gasteiger partial charge on any atom is 0.285 e. The first-order valence-corrected chi connectivity index (χ1v) is 12.5. The Kier molecular flexibility index (Phi) is 6.61. The van der Waals surface area contributed by atoms with Gasteiger partial charge in [-0.1, -0.05) is 30.3 Å². The number of carbonyl (C=O) groups excluding carboxylic acids is 1. The average molecular weight is 473 g/mol. The Morgan fingerprint density at radius 2 is 1.78 bits per heavy atom. The zero-order chi connectivity index (χ0) is 22.7. The minimum atomic E-state index is -3.65. The number of amides is 1. The second kappa shape index (κ2) is 9.41. The SMILES string of the molecule is COc1ccc(S(=O)(=O)N2CCc3sc(C(=O)NO)c(Cc4ccccc4)c3CC2)cc1. The number of nitrogens with zero attached hydrogens (tertiary/aromatic N) is 1. The van der Waals surface area contributed by atoms with Crippen LogP contribution >= 0.6 is 11.3 Å².